The molecule has 0 bridgehead atoms. The summed E-state index contributed by atoms with van der Waals surface area (Å²) in [5.74, 6) is 0.606. The van der Waals surface area contributed by atoms with Crippen LogP contribution in [-0.2, 0) is 11.2 Å². The Hall–Kier alpha value is -0.680. The maximum atomic E-state index is 11.9. The molecule has 0 aromatic carbocycles. The van der Waals surface area contributed by atoms with Gasteiger partial charge in [0.2, 0.25) is 0 Å². The van der Waals surface area contributed by atoms with Crippen LogP contribution in [0.4, 0.5) is 0 Å². The van der Waals surface area contributed by atoms with Crippen LogP contribution in [0, 0.1) is 5.41 Å². The minimum atomic E-state index is -0.214. The van der Waals surface area contributed by atoms with Crippen molar-refractivity contribution < 1.29 is 4.74 Å². The third kappa shape index (κ3) is 3.42. The van der Waals surface area contributed by atoms with Crippen molar-refractivity contribution in [2.75, 3.05) is 6.61 Å². The van der Waals surface area contributed by atoms with E-state index in [0.717, 1.165) is 5.69 Å². The number of hydrogen-bond donors (Lipinski definition) is 1. The van der Waals surface area contributed by atoms with Gasteiger partial charge in [0, 0.05) is 6.61 Å². The maximum absolute atomic E-state index is 11.9. The highest BCUT2D eigenvalue weighted by Gasteiger charge is 2.29. The van der Waals surface area contributed by atoms with Gasteiger partial charge in [0.15, 0.2) is 0 Å². The molecule has 0 fully saturated rings. The minimum Gasteiger partial charge on any atom is -0.370 e. The second-order valence-electron chi connectivity index (χ2n) is 5.27. The number of rotatable bonds is 4. The van der Waals surface area contributed by atoms with Gasteiger partial charge in [0.25, 0.3) is 5.56 Å². The Morgan fingerprint density at radius 1 is 1.39 bits per heavy atom. The fourth-order valence-electron chi connectivity index (χ4n) is 1.79. The highest BCUT2D eigenvalue weighted by atomic mass is 79.9. The summed E-state index contributed by atoms with van der Waals surface area (Å²) < 4.78 is 6.25. The van der Waals surface area contributed by atoms with Gasteiger partial charge in [-0.1, -0.05) is 27.7 Å². The predicted molar refractivity (Wildman–Crippen MR) is 75.8 cm³/mol. The normalized spacial score (nSPS) is 13.7. The van der Waals surface area contributed by atoms with Crippen LogP contribution in [0.25, 0.3) is 0 Å². The van der Waals surface area contributed by atoms with Crippen LogP contribution in [0.3, 0.4) is 0 Å². The number of aromatic amines is 1. The molecule has 1 heterocycles. The summed E-state index contributed by atoms with van der Waals surface area (Å²) in [6.45, 7) is 10.7. The molecule has 1 rings (SSSR count). The molecule has 0 spiro atoms. The lowest BCUT2D eigenvalue weighted by atomic mass is 9.88. The third-order valence-electron chi connectivity index (χ3n) is 2.65. The van der Waals surface area contributed by atoms with Crippen LogP contribution < -0.4 is 5.56 Å². The van der Waals surface area contributed by atoms with E-state index in [9.17, 15) is 4.79 Å². The summed E-state index contributed by atoms with van der Waals surface area (Å²) >= 11 is 3.27. The van der Waals surface area contributed by atoms with Gasteiger partial charge in [-0.3, -0.25) is 4.79 Å². The highest BCUT2D eigenvalue weighted by Crippen LogP contribution is 2.34. The van der Waals surface area contributed by atoms with Gasteiger partial charge in [0.1, 0.15) is 16.4 Å². The van der Waals surface area contributed by atoms with Gasteiger partial charge in [-0.15, -0.1) is 0 Å². The van der Waals surface area contributed by atoms with Gasteiger partial charge >= 0.3 is 0 Å². The molecular weight excluding hydrogens is 296 g/mol. The molecule has 4 nitrogen and oxygen atoms in total. The van der Waals surface area contributed by atoms with Crippen molar-refractivity contribution in [2.24, 2.45) is 5.41 Å². The average Bonchev–Trinajstić information content (AvgIpc) is 2.28. The zero-order valence-corrected chi connectivity index (χ0v) is 13.2. The van der Waals surface area contributed by atoms with Gasteiger partial charge in [-0.2, -0.15) is 0 Å². The van der Waals surface area contributed by atoms with Crippen LogP contribution in [0.1, 0.15) is 52.2 Å². The van der Waals surface area contributed by atoms with Crippen LogP contribution >= 0.6 is 15.9 Å². The zero-order chi connectivity index (χ0) is 13.9. The van der Waals surface area contributed by atoms with Crippen LogP contribution in [-0.4, -0.2) is 16.6 Å². The molecule has 1 aromatic rings. The second kappa shape index (κ2) is 5.97. The number of ether oxygens (including phenoxy) is 1. The molecule has 0 aliphatic rings. The number of aryl methyl sites for hydroxylation is 1. The third-order valence-corrected chi connectivity index (χ3v) is 3.47. The number of H-pyrrole nitrogens is 1. The first kappa shape index (κ1) is 15.4. The molecule has 5 heteroatoms. The average molecular weight is 317 g/mol. The van der Waals surface area contributed by atoms with E-state index in [1.165, 1.54) is 0 Å². The smallest absolute Gasteiger partial charge is 0.265 e. The van der Waals surface area contributed by atoms with E-state index in [0.29, 0.717) is 23.3 Å². The van der Waals surface area contributed by atoms with E-state index in [1.54, 1.807) is 0 Å². The molecule has 0 saturated carbocycles. The van der Waals surface area contributed by atoms with E-state index in [4.69, 9.17) is 4.74 Å². The van der Waals surface area contributed by atoms with E-state index in [1.807, 2.05) is 13.8 Å². The maximum Gasteiger partial charge on any atom is 0.265 e. The molecule has 1 atom stereocenters. The quantitative estimate of drug-likeness (QED) is 0.927. The van der Waals surface area contributed by atoms with Crippen LogP contribution in [0.2, 0.25) is 0 Å². The molecule has 1 N–H and O–H groups in total. The molecule has 1 unspecified atom stereocenters. The van der Waals surface area contributed by atoms with Crippen molar-refractivity contribution in [3.63, 3.8) is 0 Å². The topological polar surface area (TPSA) is 55.0 Å². The summed E-state index contributed by atoms with van der Waals surface area (Å²) in [6.07, 6.45) is 0.495. The van der Waals surface area contributed by atoms with Crippen molar-refractivity contribution in [3.05, 3.63) is 26.3 Å². The molecule has 0 aliphatic carbocycles. The van der Waals surface area contributed by atoms with Crippen molar-refractivity contribution in [1.29, 1.82) is 0 Å². The minimum absolute atomic E-state index is 0.120. The molecule has 1 aromatic heterocycles. The first-order chi connectivity index (χ1) is 8.31. The lowest BCUT2D eigenvalue weighted by Gasteiger charge is -2.29. The first-order valence-electron chi connectivity index (χ1n) is 6.21. The molecule has 0 amide bonds. The molecule has 0 radical (unpaired) electrons. The first-order valence-corrected chi connectivity index (χ1v) is 7.00. The Labute approximate surface area is 116 Å². The van der Waals surface area contributed by atoms with Crippen molar-refractivity contribution >= 4 is 15.9 Å². The fraction of sp³-hybridized carbons (Fsp3) is 0.692. The zero-order valence-electron chi connectivity index (χ0n) is 11.6. The number of aromatic nitrogens is 2. The number of halogens is 1. The Morgan fingerprint density at radius 2 is 2.00 bits per heavy atom. The summed E-state index contributed by atoms with van der Waals surface area (Å²) in [5, 5.41) is 0. The standard InChI is InChI=1S/C13H21BrN2O2/c1-6-8-9(14)12(17)16-11(15-8)10(18-7-2)13(3,4)5/h10H,6-7H2,1-5H3,(H,15,16,17). The number of nitrogens with zero attached hydrogens (tertiary/aromatic N) is 1. The van der Waals surface area contributed by atoms with Gasteiger partial charge in [-0.05, 0) is 34.7 Å². The van der Waals surface area contributed by atoms with Crippen molar-refractivity contribution in [3.8, 4) is 0 Å². The largest absolute Gasteiger partial charge is 0.370 e. The van der Waals surface area contributed by atoms with Gasteiger partial charge in [-0.25, -0.2) is 4.98 Å². The molecular formula is C13H21BrN2O2. The summed E-state index contributed by atoms with van der Waals surface area (Å²) in [7, 11) is 0. The molecule has 0 saturated heterocycles. The van der Waals surface area contributed by atoms with Gasteiger partial charge in [0.05, 0.1) is 5.69 Å². The fourth-order valence-corrected chi connectivity index (χ4v) is 2.26. The number of hydrogen-bond acceptors (Lipinski definition) is 3. The Bertz CT molecular complexity index is 463. The Morgan fingerprint density at radius 3 is 2.44 bits per heavy atom. The Balaban J connectivity index is 3.29. The summed E-state index contributed by atoms with van der Waals surface area (Å²) in [6, 6.07) is 0. The lowest BCUT2D eigenvalue weighted by molar-refractivity contribution is -0.0194. The molecule has 102 valence electrons. The van der Waals surface area contributed by atoms with Crippen LogP contribution in [0.5, 0.6) is 0 Å². The van der Waals surface area contributed by atoms with E-state index in [2.05, 4.69) is 46.7 Å². The SMILES string of the molecule is CCOC(c1nc(CC)c(Br)c(=O)[nH]1)C(C)(C)C. The van der Waals surface area contributed by atoms with Crippen molar-refractivity contribution in [1.82, 2.24) is 9.97 Å². The summed E-state index contributed by atoms with van der Waals surface area (Å²) in [5.41, 5.74) is 0.499. The lowest BCUT2D eigenvalue weighted by Crippen LogP contribution is -2.27. The van der Waals surface area contributed by atoms with Crippen LogP contribution in [0.15, 0.2) is 9.27 Å². The van der Waals surface area contributed by atoms with E-state index < -0.39 is 0 Å². The Kier molecular flexibility index (Phi) is 5.10. The molecule has 18 heavy (non-hydrogen) atoms. The predicted octanol–water partition coefficient (Wildman–Crippen LogP) is 3.22. The van der Waals surface area contributed by atoms with E-state index in [-0.39, 0.29) is 17.1 Å². The highest BCUT2D eigenvalue weighted by molar-refractivity contribution is 9.10. The number of nitrogens with one attached hydrogen (secondary N) is 1. The van der Waals surface area contributed by atoms with E-state index >= 15 is 0 Å². The monoisotopic (exact) mass is 316 g/mol. The van der Waals surface area contributed by atoms with Gasteiger partial charge < -0.3 is 9.72 Å². The second-order valence-corrected chi connectivity index (χ2v) is 6.06. The van der Waals surface area contributed by atoms with Crippen molar-refractivity contribution in [2.45, 2.75) is 47.1 Å². The molecule has 0 aliphatic heterocycles. The summed E-state index contributed by atoms with van der Waals surface area (Å²) in [4.78, 5) is 19.2.